The molecule has 1 N–H and O–H groups in total. The molecule has 1 aliphatic carbocycles. The van der Waals surface area contributed by atoms with E-state index >= 15 is 0 Å². The van der Waals surface area contributed by atoms with Crippen LogP contribution < -0.4 is 10.1 Å². The van der Waals surface area contributed by atoms with Gasteiger partial charge in [-0.05, 0) is 36.5 Å². The Morgan fingerprint density at radius 2 is 1.90 bits per heavy atom. The molecular formula is C18H18N2O. The molecule has 21 heavy (non-hydrogen) atoms. The fourth-order valence-corrected chi connectivity index (χ4v) is 2.83. The highest BCUT2D eigenvalue weighted by atomic mass is 16.5. The van der Waals surface area contributed by atoms with Crippen molar-refractivity contribution in [3.63, 3.8) is 0 Å². The summed E-state index contributed by atoms with van der Waals surface area (Å²) in [6.45, 7) is 0. The summed E-state index contributed by atoms with van der Waals surface area (Å²) in [6, 6.07) is 18.8. The van der Waals surface area contributed by atoms with Crippen molar-refractivity contribution in [2.24, 2.45) is 0 Å². The minimum absolute atomic E-state index is 0.469. The zero-order valence-electron chi connectivity index (χ0n) is 12.0. The lowest BCUT2D eigenvalue weighted by molar-refractivity contribution is 0.370. The van der Waals surface area contributed by atoms with Crippen molar-refractivity contribution in [2.75, 3.05) is 12.4 Å². The first kappa shape index (κ1) is 13.5. The van der Waals surface area contributed by atoms with E-state index in [4.69, 9.17) is 10.00 Å². The average Bonchev–Trinajstić information content (AvgIpc) is 2.51. The number of nitriles is 1. The summed E-state index contributed by atoms with van der Waals surface area (Å²) in [5, 5.41) is 12.4. The van der Waals surface area contributed by atoms with E-state index in [0.29, 0.717) is 17.5 Å². The predicted octanol–water partition coefficient (Wildman–Crippen LogP) is 3.92. The second-order valence-corrected chi connectivity index (χ2v) is 5.45. The zero-order chi connectivity index (χ0) is 14.7. The molecule has 0 saturated heterocycles. The fraction of sp³-hybridized carbons (Fsp3) is 0.278. The van der Waals surface area contributed by atoms with Gasteiger partial charge in [-0.3, -0.25) is 0 Å². The zero-order valence-corrected chi connectivity index (χ0v) is 12.0. The van der Waals surface area contributed by atoms with Crippen LogP contribution in [0, 0.1) is 11.3 Å². The highest BCUT2D eigenvalue weighted by Gasteiger charge is 2.30. The number of nitrogens with one attached hydrogen (secondary N) is 1. The first-order valence-corrected chi connectivity index (χ1v) is 7.20. The summed E-state index contributed by atoms with van der Waals surface area (Å²) in [4.78, 5) is 0. The van der Waals surface area contributed by atoms with Gasteiger partial charge in [-0.2, -0.15) is 5.26 Å². The molecule has 0 heterocycles. The normalized spacial score (nSPS) is 20.2. The Morgan fingerprint density at radius 1 is 1.14 bits per heavy atom. The van der Waals surface area contributed by atoms with Gasteiger partial charge in [-0.25, -0.2) is 0 Å². The molecule has 2 aromatic rings. The molecule has 0 bridgehead atoms. The number of benzene rings is 2. The Morgan fingerprint density at radius 3 is 2.57 bits per heavy atom. The van der Waals surface area contributed by atoms with Crippen molar-refractivity contribution in [3.8, 4) is 11.8 Å². The maximum absolute atomic E-state index is 8.92. The minimum atomic E-state index is 0.469. The standard InChI is InChI=1S/C18H18N2O/c1-21-18-9-13(12-19)7-8-17(18)20-16-10-15(11-16)14-5-3-2-4-6-14/h2-9,15-16,20H,10-11H2,1H3. The third-order valence-electron chi connectivity index (χ3n) is 4.10. The minimum Gasteiger partial charge on any atom is -0.495 e. The van der Waals surface area contributed by atoms with Gasteiger partial charge in [0, 0.05) is 12.1 Å². The second-order valence-electron chi connectivity index (χ2n) is 5.45. The van der Waals surface area contributed by atoms with Gasteiger partial charge in [0.25, 0.3) is 0 Å². The maximum atomic E-state index is 8.92. The first-order valence-electron chi connectivity index (χ1n) is 7.20. The topological polar surface area (TPSA) is 45.0 Å². The third-order valence-corrected chi connectivity index (χ3v) is 4.10. The van der Waals surface area contributed by atoms with Crippen LogP contribution in [0.1, 0.15) is 29.9 Å². The summed E-state index contributed by atoms with van der Waals surface area (Å²) in [5.74, 6) is 1.38. The molecule has 0 radical (unpaired) electrons. The average molecular weight is 278 g/mol. The Labute approximate surface area is 125 Å². The largest absolute Gasteiger partial charge is 0.495 e. The van der Waals surface area contributed by atoms with E-state index in [1.165, 1.54) is 5.56 Å². The van der Waals surface area contributed by atoms with E-state index in [1.807, 2.05) is 12.1 Å². The van der Waals surface area contributed by atoms with Crippen molar-refractivity contribution in [1.82, 2.24) is 0 Å². The number of hydrogen-bond acceptors (Lipinski definition) is 3. The molecule has 0 unspecified atom stereocenters. The van der Waals surface area contributed by atoms with Crippen molar-refractivity contribution in [2.45, 2.75) is 24.8 Å². The van der Waals surface area contributed by atoms with Gasteiger partial charge >= 0.3 is 0 Å². The Balaban J connectivity index is 1.63. The predicted molar refractivity (Wildman–Crippen MR) is 83.5 cm³/mol. The van der Waals surface area contributed by atoms with Crippen LogP contribution in [0.3, 0.4) is 0 Å². The monoisotopic (exact) mass is 278 g/mol. The molecule has 2 aromatic carbocycles. The molecule has 0 atom stereocenters. The molecule has 0 aromatic heterocycles. The summed E-state index contributed by atoms with van der Waals surface area (Å²) in [5.41, 5.74) is 3.00. The molecular weight excluding hydrogens is 260 g/mol. The van der Waals surface area contributed by atoms with Crippen molar-refractivity contribution in [3.05, 3.63) is 59.7 Å². The Hall–Kier alpha value is -2.47. The summed E-state index contributed by atoms with van der Waals surface area (Å²) in [7, 11) is 1.63. The van der Waals surface area contributed by atoms with Gasteiger partial charge in [0.15, 0.2) is 0 Å². The van der Waals surface area contributed by atoms with Crippen molar-refractivity contribution >= 4 is 5.69 Å². The number of rotatable bonds is 4. The quantitative estimate of drug-likeness (QED) is 0.921. The van der Waals surface area contributed by atoms with E-state index in [-0.39, 0.29) is 0 Å². The first-order chi connectivity index (χ1) is 10.3. The number of methoxy groups -OCH3 is 1. The second kappa shape index (κ2) is 5.88. The smallest absolute Gasteiger partial charge is 0.143 e. The number of anilines is 1. The molecule has 106 valence electrons. The highest BCUT2D eigenvalue weighted by molar-refractivity contribution is 5.60. The van der Waals surface area contributed by atoms with E-state index in [1.54, 1.807) is 13.2 Å². The van der Waals surface area contributed by atoms with Crippen molar-refractivity contribution < 1.29 is 4.74 Å². The number of hydrogen-bond donors (Lipinski definition) is 1. The van der Waals surface area contributed by atoms with Gasteiger partial charge in [-0.15, -0.1) is 0 Å². The van der Waals surface area contributed by atoms with E-state index < -0.39 is 0 Å². The van der Waals surface area contributed by atoms with E-state index in [0.717, 1.165) is 24.3 Å². The summed E-state index contributed by atoms with van der Waals surface area (Å²) >= 11 is 0. The van der Waals surface area contributed by atoms with Crippen LogP contribution in [0.5, 0.6) is 5.75 Å². The maximum Gasteiger partial charge on any atom is 0.143 e. The van der Waals surface area contributed by atoms with Gasteiger partial charge in [0.2, 0.25) is 0 Å². The van der Waals surface area contributed by atoms with Crippen LogP contribution >= 0.6 is 0 Å². The van der Waals surface area contributed by atoms with Gasteiger partial charge in [0.1, 0.15) is 5.75 Å². The van der Waals surface area contributed by atoms with Gasteiger partial charge in [0.05, 0.1) is 24.4 Å². The van der Waals surface area contributed by atoms with Gasteiger partial charge < -0.3 is 10.1 Å². The molecule has 3 heteroatoms. The molecule has 0 aliphatic heterocycles. The molecule has 1 aliphatic rings. The molecule has 3 rings (SSSR count). The Bertz CT molecular complexity index is 655. The molecule has 0 spiro atoms. The van der Waals surface area contributed by atoms with E-state index in [9.17, 15) is 0 Å². The highest BCUT2D eigenvalue weighted by Crippen LogP contribution is 2.39. The summed E-state index contributed by atoms with van der Waals surface area (Å²) < 4.78 is 5.36. The van der Waals surface area contributed by atoms with Crippen LogP contribution in [-0.2, 0) is 0 Å². The fourth-order valence-electron chi connectivity index (χ4n) is 2.83. The van der Waals surface area contributed by atoms with Crippen molar-refractivity contribution in [1.29, 1.82) is 5.26 Å². The van der Waals surface area contributed by atoms with Crippen LogP contribution in [0.15, 0.2) is 48.5 Å². The number of ether oxygens (including phenoxy) is 1. The lowest BCUT2D eigenvalue weighted by Gasteiger charge is -2.37. The summed E-state index contributed by atoms with van der Waals surface area (Å²) in [6.07, 6.45) is 2.26. The third kappa shape index (κ3) is 2.85. The number of nitrogens with zero attached hydrogens (tertiary/aromatic N) is 1. The van der Waals surface area contributed by atoms with Gasteiger partial charge in [-0.1, -0.05) is 30.3 Å². The lowest BCUT2D eigenvalue weighted by atomic mass is 9.76. The molecule has 3 nitrogen and oxygen atoms in total. The Kier molecular flexibility index (Phi) is 3.79. The molecule has 1 saturated carbocycles. The van der Waals surface area contributed by atoms with Crippen LogP contribution in [0.4, 0.5) is 5.69 Å². The van der Waals surface area contributed by atoms with Crippen LogP contribution in [0.2, 0.25) is 0 Å². The lowest BCUT2D eigenvalue weighted by Crippen LogP contribution is -2.34. The van der Waals surface area contributed by atoms with E-state index in [2.05, 4.69) is 41.7 Å². The van der Waals surface area contributed by atoms with Crippen LogP contribution in [0.25, 0.3) is 0 Å². The molecule has 0 amide bonds. The SMILES string of the molecule is COc1cc(C#N)ccc1NC1CC(c2ccccc2)C1. The van der Waals surface area contributed by atoms with Crippen LogP contribution in [-0.4, -0.2) is 13.2 Å². The molecule has 1 fully saturated rings.